The first-order valence-corrected chi connectivity index (χ1v) is 13.6. The first kappa shape index (κ1) is 26.4. The Bertz CT molecular complexity index is 1300. The van der Waals surface area contributed by atoms with Crippen LogP contribution in [0.5, 0.6) is 0 Å². The third-order valence-corrected chi connectivity index (χ3v) is 8.49. The second-order valence-corrected chi connectivity index (χ2v) is 11.1. The summed E-state index contributed by atoms with van der Waals surface area (Å²) in [7, 11) is 0. The van der Waals surface area contributed by atoms with Crippen LogP contribution in [0, 0.1) is 6.92 Å². The highest BCUT2D eigenvalue weighted by Crippen LogP contribution is 2.38. The highest BCUT2D eigenvalue weighted by atomic mass is 32.1. The fraction of sp³-hybridized carbons (Fsp3) is 0.379. The zero-order chi connectivity index (χ0) is 27.0. The molecule has 1 aromatic heterocycles. The van der Waals surface area contributed by atoms with Crippen molar-refractivity contribution in [1.82, 2.24) is 14.7 Å². The Labute approximate surface area is 224 Å². The van der Waals surface area contributed by atoms with Crippen molar-refractivity contribution >= 4 is 23.2 Å². The molecule has 9 heteroatoms. The van der Waals surface area contributed by atoms with Gasteiger partial charge in [0.05, 0.1) is 18.2 Å². The maximum absolute atomic E-state index is 13.4. The fourth-order valence-corrected chi connectivity index (χ4v) is 6.31. The Morgan fingerprint density at radius 1 is 0.974 bits per heavy atom. The molecule has 1 fully saturated rings. The lowest BCUT2D eigenvalue weighted by Gasteiger charge is -2.42. The van der Waals surface area contributed by atoms with Gasteiger partial charge in [0, 0.05) is 42.7 Å². The zero-order valence-electron chi connectivity index (χ0n) is 21.4. The molecule has 200 valence electrons. The molecule has 3 aromatic rings. The summed E-state index contributed by atoms with van der Waals surface area (Å²) < 4.78 is 38.6. The van der Waals surface area contributed by atoms with Gasteiger partial charge >= 0.3 is 6.18 Å². The standard InChI is InChI=1S/C29H30F3N3O2S/c1-19-3-5-21(6-4-19)27-24-12-16-38-25(24)11-13-34(27)18-26(36)33-14-15-35(20(2)17-33)28(37)22-7-9-23(10-8-22)29(30,31)32/h3-10,12,16,20,27H,11,13-15,17-18H2,1-2H3. The minimum absolute atomic E-state index is 0.0225. The van der Waals surface area contributed by atoms with E-state index in [2.05, 4.69) is 47.5 Å². The van der Waals surface area contributed by atoms with Crippen molar-refractivity contribution in [1.29, 1.82) is 0 Å². The fourth-order valence-electron chi connectivity index (χ4n) is 5.40. The highest BCUT2D eigenvalue weighted by molar-refractivity contribution is 7.10. The molecule has 2 aliphatic rings. The number of benzene rings is 2. The van der Waals surface area contributed by atoms with Gasteiger partial charge in [-0.05, 0) is 67.1 Å². The first-order chi connectivity index (χ1) is 18.1. The topological polar surface area (TPSA) is 43.9 Å². The van der Waals surface area contributed by atoms with E-state index in [0.29, 0.717) is 19.6 Å². The molecule has 2 amide bonds. The van der Waals surface area contributed by atoms with Gasteiger partial charge in [-0.15, -0.1) is 11.3 Å². The van der Waals surface area contributed by atoms with Crippen LogP contribution in [0.4, 0.5) is 13.2 Å². The Hall–Kier alpha value is -3.17. The summed E-state index contributed by atoms with van der Waals surface area (Å²) in [5, 5.41) is 2.12. The molecule has 38 heavy (non-hydrogen) atoms. The molecule has 0 aliphatic carbocycles. The SMILES string of the molecule is Cc1ccc(C2c3ccsc3CCN2CC(=O)N2CCN(C(=O)c3ccc(C(F)(F)F)cc3)C(C)C2)cc1. The molecule has 2 unspecified atom stereocenters. The number of amides is 2. The molecular formula is C29H30F3N3O2S. The van der Waals surface area contributed by atoms with E-state index in [1.807, 2.05) is 6.92 Å². The van der Waals surface area contributed by atoms with E-state index < -0.39 is 11.7 Å². The van der Waals surface area contributed by atoms with Crippen LogP contribution >= 0.6 is 11.3 Å². The van der Waals surface area contributed by atoms with Crippen LogP contribution in [-0.2, 0) is 17.4 Å². The van der Waals surface area contributed by atoms with Crippen molar-refractivity contribution in [3.05, 3.63) is 92.7 Å². The third kappa shape index (κ3) is 5.35. The molecule has 2 atom stereocenters. The van der Waals surface area contributed by atoms with E-state index >= 15 is 0 Å². The van der Waals surface area contributed by atoms with Gasteiger partial charge in [0.25, 0.3) is 5.91 Å². The van der Waals surface area contributed by atoms with Gasteiger partial charge in [-0.2, -0.15) is 13.2 Å². The predicted octanol–water partition coefficient (Wildman–Crippen LogP) is 5.40. The third-order valence-electron chi connectivity index (χ3n) is 7.50. The van der Waals surface area contributed by atoms with E-state index in [9.17, 15) is 22.8 Å². The Balaban J connectivity index is 1.25. The van der Waals surface area contributed by atoms with Gasteiger partial charge in [-0.1, -0.05) is 29.8 Å². The van der Waals surface area contributed by atoms with Crippen LogP contribution in [0.25, 0.3) is 0 Å². The molecule has 0 saturated carbocycles. The molecule has 0 N–H and O–H groups in total. The molecule has 0 radical (unpaired) electrons. The first-order valence-electron chi connectivity index (χ1n) is 12.7. The predicted molar refractivity (Wildman–Crippen MR) is 141 cm³/mol. The molecule has 0 spiro atoms. The normalized spacial score (nSPS) is 20.3. The average molecular weight is 542 g/mol. The van der Waals surface area contributed by atoms with Gasteiger partial charge in [0.15, 0.2) is 0 Å². The van der Waals surface area contributed by atoms with Crippen LogP contribution in [-0.4, -0.2) is 65.3 Å². The summed E-state index contributed by atoms with van der Waals surface area (Å²) in [6, 6.07) is 14.7. The van der Waals surface area contributed by atoms with E-state index in [1.165, 1.54) is 33.7 Å². The van der Waals surface area contributed by atoms with Crippen molar-refractivity contribution in [2.45, 2.75) is 38.5 Å². The lowest BCUT2D eigenvalue weighted by molar-refractivity contribution is -0.137. The minimum Gasteiger partial charge on any atom is -0.338 e. The van der Waals surface area contributed by atoms with Crippen molar-refractivity contribution in [2.75, 3.05) is 32.7 Å². The zero-order valence-corrected chi connectivity index (χ0v) is 22.2. The van der Waals surface area contributed by atoms with Crippen molar-refractivity contribution in [2.24, 2.45) is 0 Å². The second-order valence-electron chi connectivity index (χ2n) is 10.1. The summed E-state index contributed by atoms with van der Waals surface area (Å²) in [5.41, 5.74) is 3.05. The summed E-state index contributed by atoms with van der Waals surface area (Å²) in [6.45, 7) is 6.12. The van der Waals surface area contributed by atoms with Crippen LogP contribution in [0.15, 0.2) is 60.0 Å². The highest BCUT2D eigenvalue weighted by Gasteiger charge is 2.35. The average Bonchev–Trinajstić information content (AvgIpc) is 3.37. The van der Waals surface area contributed by atoms with Gasteiger partial charge in [-0.25, -0.2) is 0 Å². The van der Waals surface area contributed by atoms with Crippen molar-refractivity contribution in [3.8, 4) is 0 Å². The molecule has 0 bridgehead atoms. The maximum atomic E-state index is 13.4. The molecule has 5 rings (SSSR count). The summed E-state index contributed by atoms with van der Waals surface area (Å²) in [5.74, 6) is -0.298. The van der Waals surface area contributed by atoms with Gasteiger partial charge in [-0.3, -0.25) is 14.5 Å². The van der Waals surface area contributed by atoms with E-state index in [-0.39, 0.29) is 36.0 Å². The summed E-state index contributed by atoms with van der Waals surface area (Å²) in [6.07, 6.45) is -3.53. The number of hydrogen-bond acceptors (Lipinski definition) is 4. The number of halogens is 3. The number of carbonyl (C=O) groups excluding carboxylic acids is 2. The second kappa shape index (κ2) is 10.5. The van der Waals surface area contributed by atoms with Gasteiger partial charge in [0.2, 0.25) is 5.91 Å². The molecule has 2 aromatic carbocycles. The number of fused-ring (bicyclic) bond motifs is 1. The molecule has 2 aliphatic heterocycles. The number of thiophene rings is 1. The minimum atomic E-state index is -4.45. The lowest BCUT2D eigenvalue weighted by atomic mass is 9.92. The molecule has 1 saturated heterocycles. The Morgan fingerprint density at radius 3 is 2.34 bits per heavy atom. The Kier molecular flexibility index (Phi) is 7.33. The van der Waals surface area contributed by atoms with Crippen LogP contribution in [0.2, 0.25) is 0 Å². The number of alkyl halides is 3. The smallest absolute Gasteiger partial charge is 0.338 e. The number of aryl methyl sites for hydroxylation is 1. The van der Waals surface area contributed by atoms with E-state index in [0.717, 1.165) is 25.1 Å². The van der Waals surface area contributed by atoms with Gasteiger partial charge in [0.1, 0.15) is 0 Å². The van der Waals surface area contributed by atoms with Gasteiger partial charge < -0.3 is 9.80 Å². The number of carbonyl (C=O) groups is 2. The number of hydrogen-bond donors (Lipinski definition) is 0. The summed E-state index contributed by atoms with van der Waals surface area (Å²) >= 11 is 1.76. The number of piperazine rings is 1. The van der Waals surface area contributed by atoms with Crippen molar-refractivity contribution < 1.29 is 22.8 Å². The van der Waals surface area contributed by atoms with E-state index in [1.54, 1.807) is 21.1 Å². The molecule has 3 heterocycles. The van der Waals surface area contributed by atoms with Crippen molar-refractivity contribution in [3.63, 3.8) is 0 Å². The van der Waals surface area contributed by atoms with Crippen LogP contribution < -0.4 is 0 Å². The Morgan fingerprint density at radius 2 is 1.68 bits per heavy atom. The quantitative estimate of drug-likeness (QED) is 0.445. The number of rotatable bonds is 4. The maximum Gasteiger partial charge on any atom is 0.416 e. The summed E-state index contributed by atoms with van der Waals surface area (Å²) in [4.78, 5) is 33.5. The monoisotopic (exact) mass is 541 g/mol. The van der Waals surface area contributed by atoms with E-state index in [4.69, 9.17) is 0 Å². The largest absolute Gasteiger partial charge is 0.416 e. The number of nitrogens with zero attached hydrogens (tertiary/aromatic N) is 3. The van der Waals surface area contributed by atoms with Crippen LogP contribution in [0.3, 0.4) is 0 Å². The van der Waals surface area contributed by atoms with Crippen LogP contribution in [0.1, 0.15) is 50.5 Å². The lowest BCUT2D eigenvalue weighted by Crippen LogP contribution is -2.57. The molecular weight excluding hydrogens is 511 g/mol. The molecule has 5 nitrogen and oxygen atoms in total.